The zero-order chi connectivity index (χ0) is 15.2. The summed E-state index contributed by atoms with van der Waals surface area (Å²) in [5.74, 6) is 0.907. The molecule has 0 aromatic heterocycles. The van der Waals surface area contributed by atoms with E-state index in [1.165, 1.54) is 11.1 Å². The van der Waals surface area contributed by atoms with Crippen molar-refractivity contribution in [1.82, 2.24) is 10.2 Å². The van der Waals surface area contributed by atoms with E-state index < -0.39 is 0 Å². The number of hydrogen-bond acceptors (Lipinski definition) is 4. The molecule has 5 heteroatoms. The lowest BCUT2D eigenvalue weighted by Crippen LogP contribution is -2.36. The van der Waals surface area contributed by atoms with Crippen LogP contribution in [0, 0.1) is 0 Å². The molecular weight excluding hydrogens is 268 g/mol. The molecule has 21 heavy (non-hydrogen) atoms. The lowest BCUT2D eigenvalue weighted by Gasteiger charge is -2.25. The first kappa shape index (κ1) is 15.8. The number of carbonyl (C=O) groups excluding carboxylic acids is 1. The second-order valence-corrected chi connectivity index (χ2v) is 5.39. The van der Waals surface area contributed by atoms with Crippen molar-refractivity contribution in [3.8, 4) is 5.75 Å². The summed E-state index contributed by atoms with van der Waals surface area (Å²) >= 11 is 0. The third kappa shape index (κ3) is 4.19. The van der Waals surface area contributed by atoms with Crippen molar-refractivity contribution in [2.24, 2.45) is 0 Å². The van der Waals surface area contributed by atoms with Crippen LogP contribution in [0.2, 0.25) is 0 Å². The van der Waals surface area contributed by atoms with Gasteiger partial charge in [-0.2, -0.15) is 0 Å². The molecule has 0 radical (unpaired) electrons. The van der Waals surface area contributed by atoms with Crippen molar-refractivity contribution in [1.29, 1.82) is 0 Å². The minimum Gasteiger partial charge on any atom is -0.493 e. The third-order valence-electron chi connectivity index (χ3n) is 3.65. The molecule has 1 aromatic carbocycles. The fourth-order valence-corrected chi connectivity index (χ4v) is 2.47. The summed E-state index contributed by atoms with van der Waals surface area (Å²) in [6.07, 6.45) is 0.958. The standard InChI is InChI=1S/C16H24N2O3/c1-4-20-11-16(19)17-10-14(18(2)3)12-5-6-15-13(9-12)7-8-21-15/h5-6,9,14H,4,7-8,10-11H2,1-3H3,(H,17,19). The Balaban J connectivity index is 2.00. The maximum Gasteiger partial charge on any atom is 0.246 e. The highest BCUT2D eigenvalue weighted by Crippen LogP contribution is 2.29. The quantitative estimate of drug-likeness (QED) is 0.825. The molecule has 5 nitrogen and oxygen atoms in total. The summed E-state index contributed by atoms with van der Waals surface area (Å²) in [5.41, 5.74) is 2.45. The Morgan fingerprint density at radius 1 is 1.48 bits per heavy atom. The summed E-state index contributed by atoms with van der Waals surface area (Å²) in [4.78, 5) is 13.8. The highest BCUT2D eigenvalue weighted by atomic mass is 16.5. The van der Waals surface area contributed by atoms with Crippen LogP contribution in [0.4, 0.5) is 0 Å². The Labute approximate surface area is 126 Å². The zero-order valence-electron chi connectivity index (χ0n) is 13.0. The third-order valence-corrected chi connectivity index (χ3v) is 3.65. The Morgan fingerprint density at radius 2 is 2.29 bits per heavy atom. The molecule has 1 unspecified atom stereocenters. The number of likely N-dealkylation sites (N-methyl/N-ethyl adjacent to an activating group) is 1. The molecule has 0 saturated heterocycles. The second kappa shape index (κ2) is 7.43. The van der Waals surface area contributed by atoms with Crippen LogP contribution in [-0.4, -0.2) is 51.3 Å². The monoisotopic (exact) mass is 292 g/mol. The number of carbonyl (C=O) groups is 1. The number of rotatable bonds is 7. The molecule has 1 aliphatic rings. The predicted octanol–water partition coefficient (Wildman–Crippen LogP) is 1.38. The SMILES string of the molecule is CCOCC(=O)NCC(c1ccc2c(c1)CCO2)N(C)C. The molecule has 0 aliphatic carbocycles. The van der Waals surface area contributed by atoms with Gasteiger partial charge in [0.15, 0.2) is 0 Å². The highest BCUT2D eigenvalue weighted by Gasteiger charge is 2.19. The summed E-state index contributed by atoms with van der Waals surface area (Å²) in [5, 5.41) is 2.93. The molecule has 116 valence electrons. The van der Waals surface area contributed by atoms with Gasteiger partial charge in [0, 0.05) is 19.6 Å². The van der Waals surface area contributed by atoms with Crippen molar-refractivity contribution < 1.29 is 14.3 Å². The Hall–Kier alpha value is -1.59. The van der Waals surface area contributed by atoms with E-state index in [9.17, 15) is 4.79 Å². The number of nitrogens with one attached hydrogen (secondary N) is 1. The number of benzene rings is 1. The minimum atomic E-state index is -0.0757. The summed E-state index contributed by atoms with van der Waals surface area (Å²) in [6, 6.07) is 6.42. The van der Waals surface area contributed by atoms with Gasteiger partial charge in [-0.3, -0.25) is 4.79 Å². The first-order chi connectivity index (χ1) is 10.1. The fraction of sp³-hybridized carbons (Fsp3) is 0.562. The Bertz CT molecular complexity index is 488. The summed E-state index contributed by atoms with van der Waals surface area (Å²) < 4.78 is 10.6. The highest BCUT2D eigenvalue weighted by molar-refractivity contribution is 5.77. The molecule has 0 bridgehead atoms. The van der Waals surface area contributed by atoms with Gasteiger partial charge in [-0.15, -0.1) is 0 Å². The van der Waals surface area contributed by atoms with Crippen molar-refractivity contribution >= 4 is 5.91 Å². The van der Waals surface area contributed by atoms with Gasteiger partial charge in [0.05, 0.1) is 12.6 Å². The minimum absolute atomic E-state index is 0.0757. The smallest absolute Gasteiger partial charge is 0.246 e. The van der Waals surface area contributed by atoms with Crippen LogP contribution >= 0.6 is 0 Å². The molecule has 1 aromatic rings. The van der Waals surface area contributed by atoms with Gasteiger partial charge in [-0.05, 0) is 38.2 Å². The average Bonchev–Trinajstić information content (AvgIpc) is 2.92. The number of fused-ring (bicyclic) bond motifs is 1. The first-order valence-corrected chi connectivity index (χ1v) is 7.38. The normalized spacial score (nSPS) is 14.7. The molecule has 2 rings (SSSR count). The van der Waals surface area contributed by atoms with Crippen molar-refractivity contribution in [2.45, 2.75) is 19.4 Å². The summed E-state index contributed by atoms with van der Waals surface area (Å²) in [7, 11) is 4.03. The number of ether oxygens (including phenoxy) is 2. The lowest BCUT2D eigenvalue weighted by molar-refractivity contribution is -0.125. The van der Waals surface area contributed by atoms with Gasteiger partial charge in [-0.25, -0.2) is 0 Å². The van der Waals surface area contributed by atoms with Crippen LogP contribution in [0.25, 0.3) is 0 Å². The van der Waals surface area contributed by atoms with E-state index in [2.05, 4.69) is 22.3 Å². The van der Waals surface area contributed by atoms with Crippen LogP contribution in [0.1, 0.15) is 24.1 Å². The van der Waals surface area contributed by atoms with E-state index in [1.54, 1.807) is 0 Å². The van der Waals surface area contributed by atoms with Crippen LogP contribution < -0.4 is 10.1 Å². The van der Waals surface area contributed by atoms with Crippen LogP contribution in [0.15, 0.2) is 18.2 Å². The van der Waals surface area contributed by atoms with Gasteiger partial charge >= 0.3 is 0 Å². The fourth-order valence-electron chi connectivity index (χ4n) is 2.47. The van der Waals surface area contributed by atoms with Crippen molar-refractivity contribution in [3.05, 3.63) is 29.3 Å². The van der Waals surface area contributed by atoms with Gasteiger partial charge in [0.1, 0.15) is 12.4 Å². The zero-order valence-corrected chi connectivity index (χ0v) is 13.0. The topological polar surface area (TPSA) is 50.8 Å². The van der Waals surface area contributed by atoms with Crippen LogP contribution in [-0.2, 0) is 16.0 Å². The van der Waals surface area contributed by atoms with Gasteiger partial charge in [0.2, 0.25) is 5.91 Å². The molecule has 0 spiro atoms. The van der Waals surface area contributed by atoms with E-state index in [-0.39, 0.29) is 18.6 Å². The second-order valence-electron chi connectivity index (χ2n) is 5.39. The largest absolute Gasteiger partial charge is 0.493 e. The Morgan fingerprint density at radius 3 is 3.00 bits per heavy atom. The first-order valence-electron chi connectivity index (χ1n) is 7.38. The van der Waals surface area contributed by atoms with Crippen molar-refractivity contribution in [3.63, 3.8) is 0 Å². The summed E-state index contributed by atoms with van der Waals surface area (Å²) in [6.45, 7) is 3.88. The van der Waals surface area contributed by atoms with E-state index in [0.717, 1.165) is 18.8 Å². The van der Waals surface area contributed by atoms with Crippen LogP contribution in [0.5, 0.6) is 5.75 Å². The lowest BCUT2D eigenvalue weighted by atomic mass is 10.0. The van der Waals surface area contributed by atoms with Crippen molar-refractivity contribution in [2.75, 3.05) is 40.5 Å². The molecule has 1 amide bonds. The molecular formula is C16H24N2O3. The van der Waals surface area contributed by atoms with E-state index in [4.69, 9.17) is 9.47 Å². The molecule has 1 heterocycles. The van der Waals surface area contributed by atoms with Gasteiger partial charge in [0.25, 0.3) is 0 Å². The van der Waals surface area contributed by atoms with E-state index in [0.29, 0.717) is 13.2 Å². The number of hydrogen-bond donors (Lipinski definition) is 1. The van der Waals surface area contributed by atoms with Gasteiger partial charge in [-0.1, -0.05) is 12.1 Å². The molecule has 1 aliphatic heterocycles. The average molecular weight is 292 g/mol. The van der Waals surface area contributed by atoms with E-state index >= 15 is 0 Å². The maximum absolute atomic E-state index is 11.7. The van der Waals surface area contributed by atoms with Gasteiger partial charge < -0.3 is 19.7 Å². The molecule has 1 N–H and O–H groups in total. The number of amides is 1. The molecule has 0 fully saturated rings. The predicted molar refractivity (Wildman–Crippen MR) is 81.6 cm³/mol. The molecule has 0 saturated carbocycles. The molecule has 1 atom stereocenters. The van der Waals surface area contributed by atoms with E-state index in [1.807, 2.05) is 27.1 Å². The number of nitrogens with zero attached hydrogens (tertiary/aromatic N) is 1. The van der Waals surface area contributed by atoms with Crippen LogP contribution in [0.3, 0.4) is 0 Å². The Kier molecular flexibility index (Phi) is 5.59. The maximum atomic E-state index is 11.7.